The van der Waals surface area contributed by atoms with Crippen molar-refractivity contribution in [2.24, 2.45) is 0 Å². The zero-order valence-electron chi connectivity index (χ0n) is 18.9. The van der Waals surface area contributed by atoms with E-state index in [0.717, 1.165) is 29.1 Å². The zero-order chi connectivity index (χ0) is 22.7. The Labute approximate surface area is 188 Å². The molecule has 3 aromatic rings. The van der Waals surface area contributed by atoms with Crippen molar-refractivity contribution in [2.75, 3.05) is 31.1 Å². The van der Waals surface area contributed by atoms with Crippen molar-refractivity contribution < 1.29 is 9.18 Å². The molecule has 1 unspecified atom stereocenters. The van der Waals surface area contributed by atoms with Gasteiger partial charge in [0.05, 0.1) is 5.92 Å². The molecule has 2 aromatic carbocycles. The molecule has 2 heterocycles. The molecule has 1 aromatic heterocycles. The summed E-state index contributed by atoms with van der Waals surface area (Å²) in [5, 5.41) is 0. The van der Waals surface area contributed by atoms with Gasteiger partial charge in [-0.25, -0.2) is 14.4 Å². The van der Waals surface area contributed by atoms with Crippen LogP contribution in [0.2, 0.25) is 0 Å². The van der Waals surface area contributed by atoms with E-state index in [1.54, 1.807) is 6.07 Å². The molecule has 1 aliphatic rings. The molecular weight excluding hydrogens is 403 g/mol. The van der Waals surface area contributed by atoms with Crippen LogP contribution in [0.4, 0.5) is 10.2 Å². The second kappa shape index (κ2) is 9.47. The van der Waals surface area contributed by atoms with Gasteiger partial charge in [-0.2, -0.15) is 0 Å². The van der Waals surface area contributed by atoms with E-state index in [4.69, 9.17) is 4.98 Å². The van der Waals surface area contributed by atoms with Gasteiger partial charge >= 0.3 is 0 Å². The predicted octanol–water partition coefficient (Wildman–Crippen LogP) is 4.74. The van der Waals surface area contributed by atoms with E-state index in [2.05, 4.69) is 16.8 Å². The first-order chi connectivity index (χ1) is 15.5. The van der Waals surface area contributed by atoms with Crippen molar-refractivity contribution in [3.63, 3.8) is 0 Å². The number of piperazine rings is 1. The molecule has 1 saturated heterocycles. The molecule has 0 aliphatic carbocycles. The van der Waals surface area contributed by atoms with E-state index in [1.807, 2.05) is 55.1 Å². The first-order valence-corrected chi connectivity index (χ1v) is 11.2. The normalized spacial score (nSPS) is 15.0. The molecule has 1 aliphatic heterocycles. The number of hydrogen-bond acceptors (Lipinski definition) is 4. The molecule has 1 fully saturated rings. The Balaban J connectivity index is 1.51. The fourth-order valence-corrected chi connectivity index (χ4v) is 4.28. The summed E-state index contributed by atoms with van der Waals surface area (Å²) in [6.45, 7) is 8.75. The van der Waals surface area contributed by atoms with Gasteiger partial charge in [0.15, 0.2) is 5.82 Å². The monoisotopic (exact) mass is 432 g/mol. The molecule has 0 saturated carbocycles. The van der Waals surface area contributed by atoms with Gasteiger partial charge in [0.25, 0.3) is 0 Å². The Bertz CT molecular complexity index is 1090. The number of rotatable bonds is 5. The average molecular weight is 433 g/mol. The second-order valence-corrected chi connectivity index (χ2v) is 8.28. The third-order valence-electron chi connectivity index (χ3n) is 6.25. The first-order valence-electron chi connectivity index (χ1n) is 11.2. The number of hydrogen-bond donors (Lipinski definition) is 0. The largest absolute Gasteiger partial charge is 0.353 e. The molecule has 4 rings (SSSR count). The topological polar surface area (TPSA) is 49.3 Å². The lowest BCUT2D eigenvalue weighted by atomic mass is 9.95. The molecule has 0 spiro atoms. The third-order valence-corrected chi connectivity index (χ3v) is 6.25. The number of aryl methyl sites for hydroxylation is 1. The van der Waals surface area contributed by atoms with Crippen LogP contribution in [-0.4, -0.2) is 47.0 Å². The Morgan fingerprint density at radius 1 is 1.00 bits per heavy atom. The summed E-state index contributed by atoms with van der Waals surface area (Å²) in [4.78, 5) is 26.7. The Kier molecular flexibility index (Phi) is 6.49. The van der Waals surface area contributed by atoms with Crippen molar-refractivity contribution in [3.8, 4) is 11.4 Å². The number of carbonyl (C=O) groups is 1. The number of benzene rings is 2. The highest BCUT2D eigenvalue weighted by Crippen LogP contribution is 2.27. The minimum absolute atomic E-state index is 0.106. The molecule has 0 bridgehead atoms. The fourth-order valence-electron chi connectivity index (χ4n) is 4.28. The highest BCUT2D eigenvalue weighted by Gasteiger charge is 2.28. The Morgan fingerprint density at radius 3 is 2.38 bits per heavy atom. The van der Waals surface area contributed by atoms with Crippen LogP contribution >= 0.6 is 0 Å². The van der Waals surface area contributed by atoms with Crippen molar-refractivity contribution in [3.05, 3.63) is 77.2 Å². The predicted molar refractivity (Wildman–Crippen MR) is 125 cm³/mol. The van der Waals surface area contributed by atoms with Crippen LogP contribution in [0.15, 0.2) is 54.6 Å². The van der Waals surface area contributed by atoms with Gasteiger partial charge in [0.2, 0.25) is 5.91 Å². The maximum Gasteiger partial charge on any atom is 0.230 e. The highest BCUT2D eigenvalue weighted by molar-refractivity contribution is 5.84. The summed E-state index contributed by atoms with van der Waals surface area (Å²) in [5.74, 6) is 1.16. The highest BCUT2D eigenvalue weighted by atomic mass is 19.1. The maximum atomic E-state index is 13.7. The van der Waals surface area contributed by atoms with Gasteiger partial charge in [0, 0.05) is 43.0 Å². The van der Waals surface area contributed by atoms with Gasteiger partial charge in [-0.15, -0.1) is 0 Å². The Morgan fingerprint density at radius 2 is 1.72 bits per heavy atom. The van der Waals surface area contributed by atoms with Crippen LogP contribution in [0, 0.1) is 19.7 Å². The van der Waals surface area contributed by atoms with Crippen molar-refractivity contribution in [1.82, 2.24) is 14.9 Å². The lowest BCUT2D eigenvalue weighted by molar-refractivity contribution is -0.133. The van der Waals surface area contributed by atoms with E-state index >= 15 is 0 Å². The van der Waals surface area contributed by atoms with Gasteiger partial charge in [-0.1, -0.05) is 49.4 Å². The molecule has 1 atom stereocenters. The minimum Gasteiger partial charge on any atom is -0.353 e. The van der Waals surface area contributed by atoms with Gasteiger partial charge in [0.1, 0.15) is 11.6 Å². The van der Waals surface area contributed by atoms with Crippen molar-refractivity contribution in [1.29, 1.82) is 0 Å². The summed E-state index contributed by atoms with van der Waals surface area (Å²) in [5.41, 5.74) is 3.63. The number of halogens is 1. The quantitative estimate of drug-likeness (QED) is 0.584. The molecular formula is C26H29FN4O. The van der Waals surface area contributed by atoms with Crippen LogP contribution in [0.3, 0.4) is 0 Å². The number of amides is 1. The van der Waals surface area contributed by atoms with E-state index in [9.17, 15) is 9.18 Å². The maximum absolute atomic E-state index is 13.7. The number of aromatic nitrogens is 2. The van der Waals surface area contributed by atoms with Crippen LogP contribution in [-0.2, 0) is 4.79 Å². The van der Waals surface area contributed by atoms with E-state index < -0.39 is 0 Å². The van der Waals surface area contributed by atoms with E-state index in [1.165, 1.54) is 12.1 Å². The fraction of sp³-hybridized carbons (Fsp3) is 0.346. The summed E-state index contributed by atoms with van der Waals surface area (Å²) in [7, 11) is 0. The summed E-state index contributed by atoms with van der Waals surface area (Å²) in [6, 6.07) is 16.4. The van der Waals surface area contributed by atoms with Gasteiger partial charge in [-0.3, -0.25) is 4.79 Å². The van der Waals surface area contributed by atoms with Crippen LogP contribution in [0.5, 0.6) is 0 Å². The van der Waals surface area contributed by atoms with Crippen LogP contribution < -0.4 is 4.90 Å². The van der Waals surface area contributed by atoms with E-state index in [-0.39, 0.29) is 17.6 Å². The van der Waals surface area contributed by atoms with E-state index in [0.29, 0.717) is 37.6 Å². The second-order valence-electron chi connectivity index (χ2n) is 8.28. The number of anilines is 1. The molecule has 1 amide bonds. The van der Waals surface area contributed by atoms with Crippen LogP contribution in [0.1, 0.15) is 36.1 Å². The minimum atomic E-state index is -0.304. The Hall–Kier alpha value is -3.28. The summed E-state index contributed by atoms with van der Waals surface area (Å²) in [6.07, 6.45) is 0.782. The SMILES string of the molecule is CCC(C(=O)N1CCN(c2nc(-c3cccc(F)c3)nc(C)c2C)CC1)c1ccccc1. The number of nitrogens with zero attached hydrogens (tertiary/aromatic N) is 4. The molecule has 0 radical (unpaired) electrons. The van der Waals surface area contributed by atoms with Gasteiger partial charge < -0.3 is 9.80 Å². The molecule has 32 heavy (non-hydrogen) atoms. The molecule has 5 nitrogen and oxygen atoms in total. The zero-order valence-corrected chi connectivity index (χ0v) is 18.9. The third kappa shape index (κ3) is 4.49. The smallest absolute Gasteiger partial charge is 0.230 e. The molecule has 6 heteroatoms. The first kappa shape index (κ1) is 21.9. The lowest BCUT2D eigenvalue weighted by Gasteiger charge is -2.37. The molecule has 0 N–H and O–H groups in total. The summed E-state index contributed by atoms with van der Waals surface area (Å²) < 4.78 is 13.7. The molecule has 166 valence electrons. The lowest BCUT2D eigenvalue weighted by Crippen LogP contribution is -2.50. The number of carbonyl (C=O) groups excluding carboxylic acids is 1. The van der Waals surface area contributed by atoms with Crippen molar-refractivity contribution >= 4 is 11.7 Å². The summed E-state index contributed by atoms with van der Waals surface area (Å²) >= 11 is 0. The van der Waals surface area contributed by atoms with Gasteiger partial charge in [-0.05, 0) is 38.0 Å². The standard InChI is InChI=1S/C26H29FN4O/c1-4-23(20-9-6-5-7-10-20)26(32)31-15-13-30(14-16-31)25-18(2)19(3)28-24(29-25)21-11-8-12-22(27)17-21/h5-12,17,23H,4,13-16H2,1-3H3. The average Bonchev–Trinajstić information content (AvgIpc) is 2.82. The van der Waals surface area contributed by atoms with Crippen molar-refractivity contribution in [2.45, 2.75) is 33.1 Å². The van der Waals surface area contributed by atoms with Crippen LogP contribution in [0.25, 0.3) is 11.4 Å².